The van der Waals surface area contributed by atoms with Crippen molar-refractivity contribution in [3.05, 3.63) is 10.6 Å². The lowest BCUT2D eigenvalue weighted by atomic mass is 10.1. The Balaban J connectivity index is 2.19. The number of rotatable bonds is 4. The number of thiazole rings is 1. The standard InChI is InChI=1S/C12H18N2O2S/c1-8(2)11-10(7-15)17-12(13-11)14-5-4-9(6-14)16-3/h7-9H,4-6H2,1-3H3. The molecule has 0 radical (unpaired) electrons. The first kappa shape index (κ1) is 12.5. The molecule has 1 aliphatic heterocycles. The topological polar surface area (TPSA) is 42.4 Å². The van der Waals surface area contributed by atoms with Crippen LogP contribution in [0.4, 0.5) is 5.13 Å². The first-order chi connectivity index (χ1) is 8.15. The van der Waals surface area contributed by atoms with Gasteiger partial charge >= 0.3 is 0 Å². The number of aromatic nitrogens is 1. The van der Waals surface area contributed by atoms with Gasteiger partial charge in [-0.3, -0.25) is 4.79 Å². The monoisotopic (exact) mass is 254 g/mol. The van der Waals surface area contributed by atoms with Gasteiger partial charge in [-0.1, -0.05) is 25.2 Å². The molecule has 1 fully saturated rings. The molecular formula is C12H18N2O2S. The van der Waals surface area contributed by atoms with E-state index in [4.69, 9.17) is 4.74 Å². The summed E-state index contributed by atoms with van der Waals surface area (Å²) in [6.07, 6.45) is 2.24. The smallest absolute Gasteiger partial charge is 0.186 e. The Hall–Kier alpha value is -0.940. The van der Waals surface area contributed by atoms with Crippen molar-refractivity contribution in [1.82, 2.24) is 4.98 Å². The highest BCUT2D eigenvalue weighted by molar-refractivity contribution is 7.17. The van der Waals surface area contributed by atoms with Gasteiger partial charge in [0.05, 0.1) is 16.7 Å². The number of carbonyl (C=O) groups is 1. The molecule has 0 saturated carbocycles. The molecule has 1 atom stereocenters. The van der Waals surface area contributed by atoms with E-state index < -0.39 is 0 Å². The molecule has 2 heterocycles. The first-order valence-electron chi connectivity index (χ1n) is 5.89. The van der Waals surface area contributed by atoms with Crippen molar-refractivity contribution in [1.29, 1.82) is 0 Å². The van der Waals surface area contributed by atoms with Crippen molar-refractivity contribution in [3.63, 3.8) is 0 Å². The Labute approximate surface area is 106 Å². The summed E-state index contributed by atoms with van der Waals surface area (Å²) in [4.78, 5) is 18.6. The molecule has 17 heavy (non-hydrogen) atoms. The molecule has 0 spiro atoms. The fraction of sp³-hybridized carbons (Fsp3) is 0.667. The van der Waals surface area contributed by atoms with Gasteiger partial charge in [0, 0.05) is 20.2 Å². The van der Waals surface area contributed by atoms with Gasteiger partial charge in [-0.25, -0.2) is 4.98 Å². The van der Waals surface area contributed by atoms with Crippen LogP contribution in [0, 0.1) is 0 Å². The maximum atomic E-state index is 11.0. The van der Waals surface area contributed by atoms with Gasteiger partial charge in [-0.2, -0.15) is 0 Å². The predicted octanol–water partition coefficient (Wildman–Crippen LogP) is 2.30. The maximum absolute atomic E-state index is 11.0. The van der Waals surface area contributed by atoms with E-state index in [1.54, 1.807) is 7.11 Å². The molecule has 1 aromatic heterocycles. The SMILES string of the molecule is COC1CCN(c2nc(C(C)C)c(C=O)s2)C1. The van der Waals surface area contributed by atoms with Crippen LogP contribution in [0.15, 0.2) is 0 Å². The minimum atomic E-state index is 0.293. The van der Waals surface area contributed by atoms with Crippen LogP contribution < -0.4 is 4.90 Å². The number of carbonyl (C=O) groups excluding carboxylic acids is 1. The van der Waals surface area contributed by atoms with Crippen molar-refractivity contribution in [3.8, 4) is 0 Å². The Morgan fingerprint density at radius 3 is 2.82 bits per heavy atom. The molecule has 0 aliphatic carbocycles. The van der Waals surface area contributed by atoms with Crippen LogP contribution >= 0.6 is 11.3 Å². The number of ether oxygens (including phenoxy) is 1. The highest BCUT2D eigenvalue weighted by Gasteiger charge is 2.26. The molecule has 94 valence electrons. The molecule has 1 unspecified atom stereocenters. The summed E-state index contributed by atoms with van der Waals surface area (Å²) < 4.78 is 5.34. The van der Waals surface area contributed by atoms with Gasteiger partial charge in [0.15, 0.2) is 11.4 Å². The third-order valence-electron chi connectivity index (χ3n) is 3.07. The van der Waals surface area contributed by atoms with E-state index in [0.717, 1.165) is 41.5 Å². The van der Waals surface area contributed by atoms with E-state index in [0.29, 0.717) is 12.0 Å². The summed E-state index contributed by atoms with van der Waals surface area (Å²) in [6.45, 7) is 5.96. The summed E-state index contributed by atoms with van der Waals surface area (Å²) in [7, 11) is 1.74. The minimum Gasteiger partial charge on any atom is -0.380 e. The van der Waals surface area contributed by atoms with E-state index in [9.17, 15) is 4.79 Å². The number of nitrogens with zero attached hydrogens (tertiary/aromatic N) is 2. The van der Waals surface area contributed by atoms with E-state index in [1.807, 2.05) is 0 Å². The molecule has 4 nitrogen and oxygen atoms in total. The second-order valence-electron chi connectivity index (χ2n) is 4.61. The van der Waals surface area contributed by atoms with Crippen molar-refractivity contribution in [2.75, 3.05) is 25.1 Å². The van der Waals surface area contributed by atoms with Gasteiger partial charge in [0.1, 0.15) is 0 Å². The van der Waals surface area contributed by atoms with E-state index in [1.165, 1.54) is 11.3 Å². The zero-order chi connectivity index (χ0) is 12.4. The zero-order valence-electron chi connectivity index (χ0n) is 10.5. The third-order valence-corrected chi connectivity index (χ3v) is 4.13. The second-order valence-corrected chi connectivity index (χ2v) is 5.62. The molecule has 0 amide bonds. The summed E-state index contributed by atoms with van der Waals surface area (Å²) in [5.74, 6) is 0.293. The molecule has 2 rings (SSSR count). The van der Waals surface area contributed by atoms with E-state index in [2.05, 4.69) is 23.7 Å². The van der Waals surface area contributed by atoms with Crippen LogP contribution in [0.5, 0.6) is 0 Å². The van der Waals surface area contributed by atoms with Crippen molar-refractivity contribution < 1.29 is 9.53 Å². The number of hydrogen-bond donors (Lipinski definition) is 0. The Morgan fingerprint density at radius 2 is 2.35 bits per heavy atom. The lowest BCUT2D eigenvalue weighted by Crippen LogP contribution is -2.21. The van der Waals surface area contributed by atoms with Crippen LogP contribution in [0.2, 0.25) is 0 Å². The average Bonchev–Trinajstić information content (AvgIpc) is 2.94. The van der Waals surface area contributed by atoms with Gasteiger partial charge in [-0.05, 0) is 12.3 Å². The third kappa shape index (κ3) is 2.50. The highest BCUT2D eigenvalue weighted by atomic mass is 32.1. The highest BCUT2D eigenvalue weighted by Crippen LogP contribution is 2.31. The maximum Gasteiger partial charge on any atom is 0.186 e. The van der Waals surface area contributed by atoms with Crippen molar-refractivity contribution in [2.24, 2.45) is 0 Å². The number of methoxy groups -OCH3 is 1. The quantitative estimate of drug-likeness (QED) is 0.773. The van der Waals surface area contributed by atoms with Crippen LogP contribution in [-0.2, 0) is 4.74 Å². The summed E-state index contributed by atoms with van der Waals surface area (Å²) in [5.41, 5.74) is 0.917. The number of aldehydes is 1. The van der Waals surface area contributed by atoms with Crippen molar-refractivity contribution >= 4 is 22.8 Å². The molecule has 1 aromatic rings. The Morgan fingerprint density at radius 1 is 1.59 bits per heavy atom. The molecule has 1 saturated heterocycles. The molecule has 0 bridgehead atoms. The van der Waals surface area contributed by atoms with Crippen molar-refractivity contribution in [2.45, 2.75) is 32.3 Å². The predicted molar refractivity (Wildman–Crippen MR) is 69.2 cm³/mol. The molecular weight excluding hydrogens is 236 g/mol. The van der Waals surface area contributed by atoms with Crippen LogP contribution in [-0.4, -0.2) is 37.6 Å². The number of hydrogen-bond acceptors (Lipinski definition) is 5. The fourth-order valence-corrected chi connectivity index (χ4v) is 3.13. The van der Waals surface area contributed by atoms with E-state index in [-0.39, 0.29) is 0 Å². The second kappa shape index (κ2) is 5.14. The molecule has 1 aliphatic rings. The average molecular weight is 254 g/mol. The van der Waals surface area contributed by atoms with Gasteiger partial charge in [0.25, 0.3) is 0 Å². The first-order valence-corrected chi connectivity index (χ1v) is 6.71. The largest absolute Gasteiger partial charge is 0.380 e. The Bertz CT molecular complexity index is 403. The lowest BCUT2D eigenvalue weighted by Gasteiger charge is -2.14. The normalized spacial score (nSPS) is 20.2. The van der Waals surface area contributed by atoms with Crippen LogP contribution in [0.1, 0.15) is 41.6 Å². The van der Waals surface area contributed by atoms with E-state index >= 15 is 0 Å². The minimum absolute atomic E-state index is 0.293. The van der Waals surface area contributed by atoms with Gasteiger partial charge < -0.3 is 9.64 Å². The molecule has 5 heteroatoms. The lowest BCUT2D eigenvalue weighted by molar-refractivity contribution is 0.112. The summed E-state index contributed by atoms with van der Waals surface area (Å²) >= 11 is 1.49. The van der Waals surface area contributed by atoms with Gasteiger partial charge in [-0.15, -0.1) is 0 Å². The Kier molecular flexibility index (Phi) is 3.79. The molecule has 0 N–H and O–H groups in total. The fourth-order valence-electron chi connectivity index (χ4n) is 2.06. The zero-order valence-corrected chi connectivity index (χ0v) is 11.3. The molecule has 0 aromatic carbocycles. The summed E-state index contributed by atoms with van der Waals surface area (Å²) in [5, 5.41) is 0.954. The van der Waals surface area contributed by atoms with Gasteiger partial charge in [0.2, 0.25) is 0 Å². The summed E-state index contributed by atoms with van der Waals surface area (Å²) in [6, 6.07) is 0. The van der Waals surface area contributed by atoms with Crippen LogP contribution in [0.3, 0.4) is 0 Å². The van der Waals surface area contributed by atoms with Crippen LogP contribution in [0.25, 0.3) is 0 Å². The number of anilines is 1.